The molecule has 242 valence electrons. The van der Waals surface area contributed by atoms with Gasteiger partial charge in [0, 0.05) is 34.6 Å². The summed E-state index contributed by atoms with van der Waals surface area (Å²) < 4.78 is 29.7. The predicted octanol–water partition coefficient (Wildman–Crippen LogP) is 7.28. The lowest BCUT2D eigenvalue weighted by Crippen LogP contribution is -2.54. The van der Waals surface area contributed by atoms with Crippen molar-refractivity contribution in [1.29, 1.82) is 0 Å². The minimum Gasteiger partial charge on any atom is -0.352 e. The maximum atomic E-state index is 14.7. The Morgan fingerprint density at radius 3 is 2.02 bits per heavy atom. The standard InChI is InChI=1S/C36H39Cl2N3O4S/c1-24(2)39-36(43)34(21-28-10-7-6-8-11-28)40(22-30-31(37)12-9-13-32(30)38)35(42)23-41(33-20-26(4)14-17-27(33)5)46(44,45)29-18-15-25(3)16-19-29/h6-20,24,34H,21-23H2,1-5H3,(H,39,43)/t34-/m1/s1. The van der Waals surface area contributed by atoms with Crippen molar-refractivity contribution in [3.8, 4) is 0 Å². The predicted molar refractivity (Wildman–Crippen MR) is 186 cm³/mol. The Labute approximate surface area is 282 Å². The molecule has 7 nitrogen and oxygen atoms in total. The molecule has 0 saturated heterocycles. The Bertz CT molecular complexity index is 1780. The number of carbonyl (C=O) groups excluding carboxylic acids is 2. The number of anilines is 1. The number of hydrogen-bond acceptors (Lipinski definition) is 4. The lowest BCUT2D eigenvalue weighted by molar-refractivity contribution is -0.140. The summed E-state index contributed by atoms with van der Waals surface area (Å²) in [5, 5.41) is 3.60. The molecule has 0 aliphatic heterocycles. The largest absolute Gasteiger partial charge is 0.352 e. The molecule has 4 aromatic rings. The van der Waals surface area contributed by atoms with Crippen LogP contribution in [0.25, 0.3) is 0 Å². The van der Waals surface area contributed by atoms with Crippen LogP contribution in [0, 0.1) is 20.8 Å². The molecule has 10 heteroatoms. The zero-order chi connectivity index (χ0) is 33.6. The van der Waals surface area contributed by atoms with E-state index in [9.17, 15) is 18.0 Å². The summed E-state index contributed by atoms with van der Waals surface area (Å²) in [6, 6.07) is 25.1. The molecule has 0 unspecified atom stereocenters. The summed E-state index contributed by atoms with van der Waals surface area (Å²) in [7, 11) is -4.22. The van der Waals surface area contributed by atoms with E-state index in [1.807, 2.05) is 70.2 Å². The van der Waals surface area contributed by atoms with Gasteiger partial charge in [-0.15, -0.1) is 0 Å². The minimum atomic E-state index is -4.22. The van der Waals surface area contributed by atoms with Crippen LogP contribution < -0.4 is 9.62 Å². The molecule has 0 bridgehead atoms. The molecule has 0 saturated carbocycles. The summed E-state index contributed by atoms with van der Waals surface area (Å²) in [5.41, 5.74) is 4.05. The van der Waals surface area contributed by atoms with Crippen LogP contribution in [0.1, 0.15) is 41.7 Å². The van der Waals surface area contributed by atoms with Crippen LogP contribution in [0.4, 0.5) is 5.69 Å². The van der Waals surface area contributed by atoms with E-state index in [1.165, 1.54) is 17.0 Å². The molecule has 4 aromatic carbocycles. The first-order valence-electron chi connectivity index (χ1n) is 15.0. The molecule has 1 atom stereocenters. The van der Waals surface area contributed by atoms with E-state index in [2.05, 4.69) is 5.32 Å². The average molecular weight is 681 g/mol. The number of benzene rings is 4. The highest BCUT2D eigenvalue weighted by Gasteiger charge is 2.35. The van der Waals surface area contributed by atoms with Crippen LogP contribution >= 0.6 is 23.2 Å². The average Bonchev–Trinajstić information content (AvgIpc) is 3.00. The molecule has 0 aliphatic carbocycles. The van der Waals surface area contributed by atoms with Gasteiger partial charge < -0.3 is 10.2 Å². The first kappa shape index (κ1) is 35.0. The van der Waals surface area contributed by atoms with E-state index in [1.54, 1.807) is 43.3 Å². The second-order valence-electron chi connectivity index (χ2n) is 11.7. The zero-order valence-corrected chi connectivity index (χ0v) is 29.0. The van der Waals surface area contributed by atoms with Crippen molar-refractivity contribution in [3.05, 3.63) is 129 Å². The highest BCUT2D eigenvalue weighted by atomic mass is 35.5. The maximum Gasteiger partial charge on any atom is 0.264 e. The maximum absolute atomic E-state index is 14.7. The lowest BCUT2D eigenvalue weighted by Gasteiger charge is -2.35. The molecular formula is C36H39Cl2N3O4S. The normalized spacial score (nSPS) is 12.1. The van der Waals surface area contributed by atoms with E-state index in [0.717, 1.165) is 21.0 Å². The van der Waals surface area contributed by atoms with Gasteiger partial charge >= 0.3 is 0 Å². The number of amides is 2. The van der Waals surface area contributed by atoms with E-state index >= 15 is 0 Å². The van der Waals surface area contributed by atoms with Crippen molar-refractivity contribution in [3.63, 3.8) is 0 Å². The van der Waals surface area contributed by atoms with Gasteiger partial charge in [0.1, 0.15) is 12.6 Å². The van der Waals surface area contributed by atoms with Crippen LogP contribution in [0.3, 0.4) is 0 Å². The van der Waals surface area contributed by atoms with Gasteiger partial charge in [0.2, 0.25) is 11.8 Å². The topological polar surface area (TPSA) is 86.8 Å². The van der Waals surface area contributed by atoms with Gasteiger partial charge in [-0.25, -0.2) is 8.42 Å². The van der Waals surface area contributed by atoms with Crippen LogP contribution in [-0.2, 0) is 32.6 Å². The van der Waals surface area contributed by atoms with Gasteiger partial charge in [0.05, 0.1) is 10.6 Å². The van der Waals surface area contributed by atoms with Gasteiger partial charge in [-0.2, -0.15) is 0 Å². The van der Waals surface area contributed by atoms with E-state index < -0.39 is 28.5 Å². The van der Waals surface area contributed by atoms with Gasteiger partial charge in [-0.05, 0) is 81.6 Å². The molecule has 0 fully saturated rings. The zero-order valence-electron chi connectivity index (χ0n) is 26.6. The van der Waals surface area contributed by atoms with Gasteiger partial charge in [0.15, 0.2) is 0 Å². The fourth-order valence-corrected chi connectivity index (χ4v) is 7.11. The van der Waals surface area contributed by atoms with Crippen LogP contribution in [0.5, 0.6) is 0 Å². The number of aryl methyl sites for hydroxylation is 3. The molecule has 2 amide bonds. The van der Waals surface area contributed by atoms with Crippen molar-refractivity contribution in [2.24, 2.45) is 0 Å². The first-order chi connectivity index (χ1) is 21.8. The van der Waals surface area contributed by atoms with Crippen LogP contribution in [-0.4, -0.2) is 43.8 Å². The fraction of sp³-hybridized carbons (Fsp3) is 0.278. The number of sulfonamides is 1. The number of hydrogen-bond donors (Lipinski definition) is 1. The summed E-state index contributed by atoms with van der Waals surface area (Å²) >= 11 is 13.2. The third kappa shape index (κ3) is 8.49. The van der Waals surface area contributed by atoms with E-state index in [4.69, 9.17) is 23.2 Å². The Morgan fingerprint density at radius 2 is 1.41 bits per heavy atom. The molecule has 0 radical (unpaired) electrons. The second-order valence-corrected chi connectivity index (χ2v) is 14.4. The minimum absolute atomic E-state index is 0.0471. The molecule has 0 spiro atoms. The highest BCUT2D eigenvalue weighted by molar-refractivity contribution is 7.92. The molecule has 0 heterocycles. The van der Waals surface area contributed by atoms with Crippen molar-refractivity contribution in [2.45, 2.75) is 64.6 Å². The number of carbonyl (C=O) groups is 2. The van der Waals surface area contributed by atoms with Gasteiger partial charge in [-0.1, -0.05) is 89.4 Å². The summed E-state index contributed by atoms with van der Waals surface area (Å²) in [4.78, 5) is 30.0. The molecule has 4 rings (SSSR count). The van der Waals surface area contributed by atoms with Crippen molar-refractivity contribution < 1.29 is 18.0 Å². The summed E-state index contributed by atoms with van der Waals surface area (Å²) in [5.74, 6) is -0.970. The molecule has 0 aliphatic rings. The van der Waals surface area contributed by atoms with Gasteiger partial charge in [-0.3, -0.25) is 13.9 Å². The van der Waals surface area contributed by atoms with Crippen molar-refractivity contribution in [1.82, 2.24) is 10.2 Å². The smallest absolute Gasteiger partial charge is 0.264 e. The van der Waals surface area contributed by atoms with E-state index in [-0.39, 0.29) is 29.8 Å². The number of rotatable bonds is 12. The Hall–Kier alpha value is -3.85. The Kier molecular flexibility index (Phi) is 11.5. The summed E-state index contributed by atoms with van der Waals surface area (Å²) in [6.07, 6.45) is 0.182. The van der Waals surface area contributed by atoms with Crippen molar-refractivity contribution >= 4 is 50.7 Å². The first-order valence-corrected chi connectivity index (χ1v) is 17.2. The third-order valence-corrected chi connectivity index (χ3v) is 10.1. The summed E-state index contributed by atoms with van der Waals surface area (Å²) in [6.45, 7) is 8.52. The number of nitrogens with zero attached hydrogens (tertiary/aromatic N) is 2. The quantitative estimate of drug-likeness (QED) is 0.171. The molecule has 0 aromatic heterocycles. The van der Waals surface area contributed by atoms with Gasteiger partial charge in [0.25, 0.3) is 10.0 Å². The van der Waals surface area contributed by atoms with Crippen molar-refractivity contribution in [2.75, 3.05) is 10.8 Å². The number of halogens is 2. The molecule has 46 heavy (non-hydrogen) atoms. The lowest BCUT2D eigenvalue weighted by atomic mass is 10.0. The fourth-order valence-electron chi connectivity index (χ4n) is 5.13. The molecular weight excluding hydrogens is 641 g/mol. The second kappa shape index (κ2) is 15.2. The third-order valence-electron chi connectivity index (χ3n) is 7.61. The highest BCUT2D eigenvalue weighted by Crippen LogP contribution is 2.31. The Balaban J connectivity index is 1.87. The molecule has 1 N–H and O–H groups in total. The SMILES string of the molecule is Cc1ccc(S(=O)(=O)N(CC(=O)N(Cc2c(Cl)cccc2Cl)[C@H](Cc2ccccc2)C(=O)NC(C)C)c2cc(C)ccc2C)cc1. The van der Waals surface area contributed by atoms with E-state index in [0.29, 0.717) is 26.9 Å². The monoisotopic (exact) mass is 679 g/mol. The number of nitrogens with one attached hydrogen (secondary N) is 1. The van der Waals surface area contributed by atoms with Crippen LogP contribution in [0.2, 0.25) is 10.0 Å². The van der Waals surface area contributed by atoms with Crippen LogP contribution in [0.15, 0.2) is 95.9 Å². The Morgan fingerprint density at radius 1 is 0.804 bits per heavy atom.